The van der Waals surface area contributed by atoms with E-state index in [9.17, 15) is 0 Å². The third kappa shape index (κ3) is 2.55. The maximum absolute atomic E-state index is 8.25. The van der Waals surface area contributed by atoms with Crippen LogP contribution in [0.15, 0.2) is 9.39 Å². The van der Waals surface area contributed by atoms with Gasteiger partial charge in [0.1, 0.15) is 17.7 Å². The van der Waals surface area contributed by atoms with Gasteiger partial charge in [-0.05, 0) is 22.2 Å². The molecule has 0 heterocycles. The quantitative estimate of drug-likeness (QED) is 0.612. The van der Waals surface area contributed by atoms with E-state index in [4.69, 9.17) is 10.5 Å². The fourth-order valence-corrected chi connectivity index (χ4v) is 0.688. The zero-order chi connectivity index (χ0) is 7.28. The molecule has 0 spiro atoms. The van der Waals surface area contributed by atoms with E-state index in [1.165, 1.54) is 11.8 Å². The molecule has 0 aliphatic carbocycles. The number of nitriles is 2. The third-order valence-corrected chi connectivity index (χ3v) is 2.53. The first-order chi connectivity index (χ1) is 4.26. The second-order valence-electron chi connectivity index (χ2n) is 1.08. The molecular formula is C5H3BrN2S. The average molecular weight is 203 g/mol. The maximum Gasteiger partial charge on any atom is 0.150 e. The molecular weight excluding hydrogens is 200 g/mol. The van der Waals surface area contributed by atoms with Gasteiger partial charge in [-0.15, -0.1) is 11.8 Å². The van der Waals surface area contributed by atoms with Crippen molar-refractivity contribution >= 4 is 27.7 Å². The average Bonchev–Trinajstić information content (AvgIpc) is 1.90. The Hall–Kier alpha value is -0.450. The van der Waals surface area contributed by atoms with E-state index < -0.39 is 0 Å². The van der Waals surface area contributed by atoms with Crippen LogP contribution in [0.2, 0.25) is 0 Å². The second kappa shape index (κ2) is 4.43. The minimum atomic E-state index is 0.127. The van der Waals surface area contributed by atoms with Gasteiger partial charge in [-0.1, -0.05) is 0 Å². The lowest BCUT2D eigenvalue weighted by atomic mass is 10.4. The number of hydrogen-bond donors (Lipinski definition) is 0. The molecule has 0 aromatic rings. The van der Waals surface area contributed by atoms with Crippen molar-refractivity contribution in [2.24, 2.45) is 0 Å². The summed E-state index contributed by atoms with van der Waals surface area (Å²) in [6, 6.07) is 3.51. The molecule has 0 saturated heterocycles. The number of halogens is 1. The van der Waals surface area contributed by atoms with Crippen LogP contribution < -0.4 is 0 Å². The fourth-order valence-electron chi connectivity index (χ4n) is 0.215. The van der Waals surface area contributed by atoms with Crippen LogP contribution in [0.4, 0.5) is 0 Å². The highest BCUT2D eigenvalue weighted by molar-refractivity contribution is 9.14. The lowest BCUT2D eigenvalue weighted by Crippen LogP contribution is -1.71. The fraction of sp³-hybridized carbons (Fsp3) is 0.200. The molecule has 46 valence electrons. The molecule has 0 fully saturated rings. The Balaban J connectivity index is 4.49. The summed E-state index contributed by atoms with van der Waals surface area (Å²) in [5.74, 6) is 0. The number of thioether (sulfide) groups is 1. The van der Waals surface area contributed by atoms with Crippen LogP contribution in [0.25, 0.3) is 0 Å². The molecule has 0 aliphatic rings. The molecule has 0 atom stereocenters. The summed E-state index contributed by atoms with van der Waals surface area (Å²) in [4.78, 5) is 0. The zero-order valence-corrected chi connectivity index (χ0v) is 7.08. The molecule has 0 radical (unpaired) electrons. The first-order valence-electron chi connectivity index (χ1n) is 2.00. The van der Waals surface area contributed by atoms with Gasteiger partial charge in [0.05, 0.1) is 3.81 Å². The molecule has 4 heteroatoms. The number of allylic oxidation sites excluding steroid dienone is 1. The van der Waals surface area contributed by atoms with Crippen molar-refractivity contribution in [2.45, 2.75) is 0 Å². The van der Waals surface area contributed by atoms with Crippen LogP contribution in [0.5, 0.6) is 0 Å². The van der Waals surface area contributed by atoms with Crippen molar-refractivity contribution in [1.29, 1.82) is 10.5 Å². The van der Waals surface area contributed by atoms with Crippen molar-refractivity contribution in [3.63, 3.8) is 0 Å². The van der Waals surface area contributed by atoms with Crippen molar-refractivity contribution < 1.29 is 0 Å². The van der Waals surface area contributed by atoms with Crippen LogP contribution in [-0.4, -0.2) is 6.26 Å². The number of nitrogens with zero attached hydrogens (tertiary/aromatic N) is 2. The monoisotopic (exact) mass is 202 g/mol. The van der Waals surface area contributed by atoms with Gasteiger partial charge in [0, 0.05) is 0 Å². The van der Waals surface area contributed by atoms with Crippen molar-refractivity contribution in [1.82, 2.24) is 0 Å². The van der Waals surface area contributed by atoms with Gasteiger partial charge in [-0.25, -0.2) is 0 Å². The summed E-state index contributed by atoms with van der Waals surface area (Å²) in [5.41, 5.74) is 0.127. The molecule has 0 unspecified atom stereocenters. The van der Waals surface area contributed by atoms with E-state index >= 15 is 0 Å². The summed E-state index contributed by atoms with van der Waals surface area (Å²) >= 11 is 4.39. The summed E-state index contributed by atoms with van der Waals surface area (Å²) in [5, 5.41) is 16.5. The van der Waals surface area contributed by atoms with E-state index in [0.717, 1.165) is 0 Å². The van der Waals surface area contributed by atoms with Gasteiger partial charge in [-0.3, -0.25) is 0 Å². The van der Waals surface area contributed by atoms with Crippen LogP contribution in [-0.2, 0) is 0 Å². The predicted molar refractivity (Wildman–Crippen MR) is 40.7 cm³/mol. The summed E-state index contributed by atoms with van der Waals surface area (Å²) in [6.07, 6.45) is 1.79. The molecule has 0 aromatic heterocycles. The van der Waals surface area contributed by atoms with E-state index in [2.05, 4.69) is 15.9 Å². The van der Waals surface area contributed by atoms with Gasteiger partial charge in [0.25, 0.3) is 0 Å². The van der Waals surface area contributed by atoms with Crippen molar-refractivity contribution in [3.05, 3.63) is 9.39 Å². The highest BCUT2D eigenvalue weighted by atomic mass is 79.9. The molecule has 2 nitrogen and oxygen atoms in total. The van der Waals surface area contributed by atoms with E-state index in [-0.39, 0.29) is 5.57 Å². The van der Waals surface area contributed by atoms with Gasteiger partial charge in [-0.2, -0.15) is 10.5 Å². The zero-order valence-electron chi connectivity index (χ0n) is 4.68. The third-order valence-electron chi connectivity index (χ3n) is 0.599. The smallest absolute Gasteiger partial charge is 0.150 e. The Morgan fingerprint density at radius 2 is 1.89 bits per heavy atom. The van der Waals surface area contributed by atoms with Gasteiger partial charge in [0.15, 0.2) is 0 Å². The summed E-state index contributed by atoms with van der Waals surface area (Å²) in [6.45, 7) is 0. The molecule has 0 saturated carbocycles. The molecule has 0 aliphatic heterocycles. The standard InChI is InChI=1S/C5H3BrN2S/c1-9-5(6)4(2-7)3-8/h1H3. The lowest BCUT2D eigenvalue weighted by molar-refractivity contribution is 1.47. The highest BCUT2D eigenvalue weighted by Gasteiger charge is 1.98. The normalized spacial score (nSPS) is 7.11. The van der Waals surface area contributed by atoms with E-state index in [0.29, 0.717) is 3.81 Å². The SMILES string of the molecule is CSC(Br)=C(C#N)C#N. The molecule has 9 heavy (non-hydrogen) atoms. The minimum absolute atomic E-state index is 0.127. The first kappa shape index (κ1) is 8.55. The predicted octanol–water partition coefficient (Wildman–Crippen LogP) is 2.00. The van der Waals surface area contributed by atoms with Crippen molar-refractivity contribution in [2.75, 3.05) is 6.26 Å². The van der Waals surface area contributed by atoms with Gasteiger partial charge < -0.3 is 0 Å². The van der Waals surface area contributed by atoms with Crippen molar-refractivity contribution in [3.8, 4) is 12.1 Å². The Morgan fingerprint density at radius 1 is 1.44 bits per heavy atom. The Kier molecular flexibility index (Phi) is 4.21. The first-order valence-corrected chi connectivity index (χ1v) is 4.02. The molecule has 0 aromatic carbocycles. The van der Waals surface area contributed by atoms with Crippen LogP contribution in [0, 0.1) is 22.7 Å². The summed E-state index contributed by atoms with van der Waals surface area (Å²) < 4.78 is 0.590. The van der Waals surface area contributed by atoms with Gasteiger partial charge >= 0.3 is 0 Å². The Labute approximate surface area is 66.3 Å². The number of hydrogen-bond acceptors (Lipinski definition) is 3. The summed E-state index contributed by atoms with van der Waals surface area (Å²) in [7, 11) is 0. The Bertz CT molecular complexity index is 192. The Morgan fingerprint density at radius 3 is 2.00 bits per heavy atom. The second-order valence-corrected chi connectivity index (χ2v) is 3.21. The topological polar surface area (TPSA) is 47.6 Å². The van der Waals surface area contributed by atoms with Crippen LogP contribution in [0.3, 0.4) is 0 Å². The largest absolute Gasteiger partial charge is 0.192 e. The molecule has 0 N–H and O–H groups in total. The molecule has 0 amide bonds. The van der Waals surface area contributed by atoms with Gasteiger partial charge in [0.2, 0.25) is 0 Å². The highest BCUT2D eigenvalue weighted by Crippen LogP contribution is 2.22. The minimum Gasteiger partial charge on any atom is -0.192 e. The number of rotatable bonds is 1. The van der Waals surface area contributed by atoms with Crippen LogP contribution in [0.1, 0.15) is 0 Å². The molecule has 0 bridgehead atoms. The lowest BCUT2D eigenvalue weighted by Gasteiger charge is -1.86. The van der Waals surface area contributed by atoms with Crippen LogP contribution >= 0.6 is 27.7 Å². The van der Waals surface area contributed by atoms with E-state index in [1.807, 2.05) is 0 Å². The maximum atomic E-state index is 8.25. The van der Waals surface area contributed by atoms with E-state index in [1.54, 1.807) is 18.4 Å². The molecule has 0 rings (SSSR count).